The number of hydrogen-bond donors (Lipinski definition) is 1. The zero-order valence-corrected chi connectivity index (χ0v) is 13.1. The molecule has 0 aromatic heterocycles. The molecule has 0 bridgehead atoms. The third-order valence-electron chi connectivity index (χ3n) is 2.99. The van der Waals surface area contributed by atoms with Crippen LogP contribution >= 0.6 is 11.8 Å². The van der Waals surface area contributed by atoms with Crippen LogP contribution in [0.15, 0.2) is 53.4 Å². The summed E-state index contributed by atoms with van der Waals surface area (Å²) >= 11 is 1.38. The van der Waals surface area contributed by atoms with Gasteiger partial charge in [-0.3, -0.25) is 9.59 Å². The average Bonchev–Trinajstić information content (AvgIpc) is 2.49. The van der Waals surface area contributed by atoms with E-state index in [-0.39, 0.29) is 22.8 Å². The summed E-state index contributed by atoms with van der Waals surface area (Å²) in [6, 6.07) is 12.8. The number of anilines is 1. The van der Waals surface area contributed by atoms with Gasteiger partial charge in [-0.15, -0.1) is 11.8 Å². The van der Waals surface area contributed by atoms with Gasteiger partial charge in [0.2, 0.25) is 5.91 Å². The number of carbonyl (C=O) groups is 2. The van der Waals surface area contributed by atoms with Gasteiger partial charge in [0.25, 0.3) is 0 Å². The van der Waals surface area contributed by atoms with Crippen molar-refractivity contribution in [1.29, 1.82) is 0 Å². The molecule has 1 atom stereocenters. The molecule has 5 heteroatoms. The van der Waals surface area contributed by atoms with E-state index < -0.39 is 0 Å². The maximum atomic E-state index is 12.9. The zero-order chi connectivity index (χ0) is 16.1. The quantitative estimate of drug-likeness (QED) is 0.665. The standard InChI is InChI=1S/C17H16FNO2S/c1-11(22-16-9-5-14(18)6-10-16)17(21)13-3-7-15(8-4-13)19-12(2)20/h3-11H,1-2H3,(H,19,20). The van der Waals surface area contributed by atoms with Gasteiger partial charge in [-0.1, -0.05) is 0 Å². The van der Waals surface area contributed by atoms with Crippen LogP contribution in [0.25, 0.3) is 0 Å². The van der Waals surface area contributed by atoms with Gasteiger partial charge in [0, 0.05) is 23.1 Å². The number of ketones is 1. The number of hydrogen-bond acceptors (Lipinski definition) is 3. The number of carbonyl (C=O) groups excluding carboxylic acids is 2. The van der Waals surface area contributed by atoms with E-state index in [4.69, 9.17) is 0 Å². The highest BCUT2D eigenvalue weighted by molar-refractivity contribution is 8.00. The van der Waals surface area contributed by atoms with E-state index >= 15 is 0 Å². The number of thioether (sulfide) groups is 1. The maximum absolute atomic E-state index is 12.9. The Kier molecular flexibility index (Phi) is 5.33. The second kappa shape index (κ2) is 7.22. The Hall–Kier alpha value is -2.14. The van der Waals surface area contributed by atoms with E-state index in [2.05, 4.69) is 5.32 Å². The molecule has 1 amide bonds. The lowest BCUT2D eigenvalue weighted by molar-refractivity contribution is -0.114. The van der Waals surface area contributed by atoms with Gasteiger partial charge in [0.1, 0.15) is 5.82 Å². The van der Waals surface area contributed by atoms with Crippen LogP contribution in [0.4, 0.5) is 10.1 Å². The Morgan fingerprint density at radius 2 is 1.64 bits per heavy atom. The minimum Gasteiger partial charge on any atom is -0.326 e. The molecule has 2 aromatic carbocycles. The summed E-state index contributed by atoms with van der Waals surface area (Å²) in [6.07, 6.45) is 0. The van der Waals surface area contributed by atoms with Gasteiger partial charge in [-0.2, -0.15) is 0 Å². The first-order chi connectivity index (χ1) is 10.5. The highest BCUT2D eigenvalue weighted by atomic mass is 32.2. The molecule has 1 N–H and O–H groups in total. The number of amides is 1. The van der Waals surface area contributed by atoms with Gasteiger partial charge < -0.3 is 5.32 Å². The summed E-state index contributed by atoms with van der Waals surface area (Å²) in [5.41, 5.74) is 1.24. The van der Waals surface area contributed by atoms with Crippen molar-refractivity contribution >= 4 is 29.1 Å². The fourth-order valence-electron chi connectivity index (χ4n) is 1.93. The van der Waals surface area contributed by atoms with E-state index in [0.29, 0.717) is 11.3 Å². The normalized spacial score (nSPS) is 11.8. The Labute approximate surface area is 132 Å². The first-order valence-corrected chi connectivity index (χ1v) is 7.68. The molecule has 0 aliphatic heterocycles. The summed E-state index contributed by atoms with van der Waals surface area (Å²) in [7, 11) is 0. The fourth-order valence-corrected chi connectivity index (χ4v) is 2.87. The van der Waals surface area contributed by atoms with Gasteiger partial charge >= 0.3 is 0 Å². The predicted molar refractivity (Wildman–Crippen MR) is 86.8 cm³/mol. The summed E-state index contributed by atoms with van der Waals surface area (Å²) in [4.78, 5) is 24.2. The number of rotatable bonds is 5. The molecule has 0 radical (unpaired) electrons. The van der Waals surface area contributed by atoms with Gasteiger partial charge in [-0.25, -0.2) is 4.39 Å². The van der Waals surface area contributed by atoms with Crippen molar-refractivity contribution in [2.75, 3.05) is 5.32 Å². The van der Waals surface area contributed by atoms with Crippen LogP contribution in [0.5, 0.6) is 0 Å². The lowest BCUT2D eigenvalue weighted by atomic mass is 10.1. The Bertz CT molecular complexity index is 668. The van der Waals surface area contributed by atoms with E-state index in [9.17, 15) is 14.0 Å². The molecule has 0 aliphatic rings. The first-order valence-electron chi connectivity index (χ1n) is 6.80. The molecule has 0 saturated heterocycles. The van der Waals surface area contributed by atoms with Crippen LogP contribution < -0.4 is 5.32 Å². The van der Waals surface area contributed by atoms with E-state index in [1.165, 1.54) is 30.8 Å². The highest BCUT2D eigenvalue weighted by Gasteiger charge is 2.16. The van der Waals surface area contributed by atoms with Crippen LogP contribution in [-0.2, 0) is 4.79 Å². The number of nitrogens with one attached hydrogen (secondary N) is 1. The molecular formula is C17H16FNO2S. The zero-order valence-electron chi connectivity index (χ0n) is 12.3. The number of benzene rings is 2. The van der Waals surface area contributed by atoms with E-state index in [1.54, 1.807) is 36.4 Å². The minimum absolute atomic E-state index is 0.0105. The molecule has 2 aromatic rings. The van der Waals surface area contributed by atoms with Crippen molar-refractivity contribution in [2.24, 2.45) is 0 Å². The van der Waals surface area contributed by atoms with E-state index in [0.717, 1.165) is 4.90 Å². The average molecular weight is 317 g/mol. The van der Waals surface area contributed by atoms with Crippen molar-refractivity contribution in [1.82, 2.24) is 0 Å². The largest absolute Gasteiger partial charge is 0.326 e. The SMILES string of the molecule is CC(=O)Nc1ccc(C(=O)C(C)Sc2ccc(F)cc2)cc1. The molecule has 0 saturated carbocycles. The third kappa shape index (κ3) is 4.43. The van der Waals surface area contributed by atoms with Crippen molar-refractivity contribution in [2.45, 2.75) is 24.0 Å². The van der Waals surface area contributed by atoms with Crippen LogP contribution in [0, 0.1) is 5.82 Å². The molecule has 1 unspecified atom stereocenters. The second-order valence-electron chi connectivity index (χ2n) is 4.84. The van der Waals surface area contributed by atoms with Crippen LogP contribution in [0.2, 0.25) is 0 Å². The maximum Gasteiger partial charge on any atom is 0.221 e. The summed E-state index contributed by atoms with van der Waals surface area (Å²) in [5, 5.41) is 2.37. The number of halogens is 1. The minimum atomic E-state index is -0.295. The van der Waals surface area contributed by atoms with Gasteiger partial charge in [-0.05, 0) is 55.5 Å². The first kappa shape index (κ1) is 16.2. The molecule has 0 aliphatic carbocycles. The summed E-state index contributed by atoms with van der Waals surface area (Å²) < 4.78 is 12.9. The van der Waals surface area contributed by atoms with Crippen LogP contribution in [0.3, 0.4) is 0 Å². The number of Topliss-reactive ketones (excluding diaryl/α,β-unsaturated/α-hetero) is 1. The molecule has 0 fully saturated rings. The monoisotopic (exact) mass is 317 g/mol. The lowest BCUT2D eigenvalue weighted by Gasteiger charge is -2.11. The van der Waals surface area contributed by atoms with Crippen molar-refractivity contribution in [3.63, 3.8) is 0 Å². The van der Waals surface area contributed by atoms with Crippen molar-refractivity contribution in [3.8, 4) is 0 Å². The molecular weight excluding hydrogens is 301 g/mol. The van der Waals surface area contributed by atoms with Gasteiger partial charge in [0.05, 0.1) is 5.25 Å². The molecule has 3 nitrogen and oxygen atoms in total. The third-order valence-corrected chi connectivity index (χ3v) is 4.10. The summed E-state index contributed by atoms with van der Waals surface area (Å²) in [5.74, 6) is -0.458. The molecule has 114 valence electrons. The molecule has 0 spiro atoms. The van der Waals surface area contributed by atoms with Crippen molar-refractivity contribution < 1.29 is 14.0 Å². The Morgan fingerprint density at radius 1 is 1.05 bits per heavy atom. The molecule has 0 heterocycles. The lowest BCUT2D eigenvalue weighted by Crippen LogP contribution is -2.13. The van der Waals surface area contributed by atoms with Crippen LogP contribution in [-0.4, -0.2) is 16.9 Å². The Balaban J connectivity index is 2.03. The van der Waals surface area contributed by atoms with Crippen molar-refractivity contribution in [3.05, 3.63) is 59.9 Å². The highest BCUT2D eigenvalue weighted by Crippen LogP contribution is 2.26. The van der Waals surface area contributed by atoms with E-state index in [1.807, 2.05) is 6.92 Å². The Morgan fingerprint density at radius 3 is 2.18 bits per heavy atom. The smallest absolute Gasteiger partial charge is 0.221 e. The fraction of sp³-hybridized carbons (Fsp3) is 0.176. The van der Waals surface area contributed by atoms with Crippen LogP contribution in [0.1, 0.15) is 24.2 Å². The second-order valence-corrected chi connectivity index (χ2v) is 6.25. The molecule has 2 rings (SSSR count). The molecule has 22 heavy (non-hydrogen) atoms. The predicted octanol–water partition coefficient (Wildman–Crippen LogP) is 4.15. The summed E-state index contributed by atoms with van der Waals surface area (Å²) in [6.45, 7) is 3.25. The topological polar surface area (TPSA) is 46.2 Å². The van der Waals surface area contributed by atoms with Gasteiger partial charge in [0.15, 0.2) is 5.78 Å².